The summed E-state index contributed by atoms with van der Waals surface area (Å²) in [6.07, 6.45) is 7.29. The molecule has 3 aliphatic rings. The molecule has 0 aromatic heterocycles. The third-order valence-corrected chi connectivity index (χ3v) is 6.09. The van der Waals surface area contributed by atoms with E-state index in [1.165, 1.54) is 6.07 Å². The van der Waals surface area contributed by atoms with Gasteiger partial charge in [0.25, 0.3) is 0 Å². The molecule has 0 spiro atoms. The summed E-state index contributed by atoms with van der Waals surface area (Å²) < 4.78 is 33.9. The zero-order valence-electron chi connectivity index (χ0n) is 22.4. The Labute approximate surface area is 231 Å². The van der Waals surface area contributed by atoms with Crippen LogP contribution in [-0.4, -0.2) is 86.2 Å². The van der Waals surface area contributed by atoms with Crippen molar-refractivity contribution in [3.63, 3.8) is 0 Å². The van der Waals surface area contributed by atoms with Gasteiger partial charge in [0.15, 0.2) is 17.9 Å². The summed E-state index contributed by atoms with van der Waals surface area (Å²) in [6, 6.07) is 9.13. The number of phenols is 1. The van der Waals surface area contributed by atoms with Crippen LogP contribution in [0.15, 0.2) is 60.8 Å². The zero-order chi connectivity index (χ0) is 29.1. The number of halogens is 2. The molecule has 2 aromatic rings. The Bertz CT molecular complexity index is 1190. The molecule has 3 N–H and O–H groups in total. The van der Waals surface area contributed by atoms with Gasteiger partial charge >= 0.3 is 6.09 Å². The third kappa shape index (κ3) is 8.50. The summed E-state index contributed by atoms with van der Waals surface area (Å²) >= 11 is 0. The van der Waals surface area contributed by atoms with Crippen molar-refractivity contribution in [2.75, 3.05) is 56.2 Å². The Kier molecular flexibility index (Phi) is 11.4. The van der Waals surface area contributed by atoms with E-state index in [1.807, 2.05) is 18.4 Å². The minimum Gasteiger partial charge on any atom is -0.507 e. The van der Waals surface area contributed by atoms with Gasteiger partial charge in [0.1, 0.15) is 17.5 Å². The van der Waals surface area contributed by atoms with Gasteiger partial charge in [-0.05, 0) is 31.3 Å². The summed E-state index contributed by atoms with van der Waals surface area (Å²) in [5.74, 6) is -1.47. The second kappa shape index (κ2) is 15.0. The third-order valence-electron chi connectivity index (χ3n) is 6.09. The van der Waals surface area contributed by atoms with Crippen LogP contribution in [0.1, 0.15) is 17.3 Å². The molecule has 216 valence electrons. The summed E-state index contributed by atoms with van der Waals surface area (Å²) in [5, 5.41) is 22.7. The van der Waals surface area contributed by atoms with Crippen molar-refractivity contribution >= 4 is 23.8 Å². The number of phenolic OH excluding ortho intramolecular Hbond substituents is 1. The monoisotopic (exact) mass is 560 g/mol. The van der Waals surface area contributed by atoms with Crippen molar-refractivity contribution in [2.45, 2.75) is 19.1 Å². The molecule has 10 nitrogen and oxygen atoms in total. The van der Waals surface area contributed by atoms with Crippen molar-refractivity contribution in [3.8, 4) is 5.75 Å². The number of allylic oxidation sites excluding steroid dienone is 2. The molecular formula is C28H34F2N4O6. The van der Waals surface area contributed by atoms with Crippen LogP contribution in [0.5, 0.6) is 5.75 Å². The Balaban J connectivity index is 0.000000223. The first kappa shape index (κ1) is 30.5. The number of cyclic esters (lactones) is 1. The van der Waals surface area contributed by atoms with E-state index >= 15 is 0 Å². The molecule has 12 heteroatoms. The summed E-state index contributed by atoms with van der Waals surface area (Å²) in [4.78, 5) is 29.8. The molecule has 1 unspecified atom stereocenters. The minimum atomic E-state index is -0.755. The zero-order valence-corrected chi connectivity index (χ0v) is 22.4. The fourth-order valence-corrected chi connectivity index (χ4v) is 3.94. The fraction of sp³-hybridized carbons (Fsp3) is 0.357. The molecular weight excluding hydrogens is 526 g/mol. The number of carbonyl (C=O) groups excluding carboxylic acids is 2. The van der Waals surface area contributed by atoms with Gasteiger partial charge in [-0.15, -0.1) is 0 Å². The van der Waals surface area contributed by atoms with Gasteiger partial charge in [-0.2, -0.15) is 5.06 Å². The highest BCUT2D eigenvalue weighted by molar-refractivity contribution is 5.90. The van der Waals surface area contributed by atoms with Crippen LogP contribution < -0.4 is 15.1 Å². The van der Waals surface area contributed by atoms with Crippen molar-refractivity contribution in [1.82, 2.24) is 10.4 Å². The van der Waals surface area contributed by atoms with Gasteiger partial charge < -0.3 is 25.2 Å². The number of carbonyl (C=O) groups is 2. The lowest BCUT2D eigenvalue weighted by molar-refractivity contribution is -0.126. The summed E-state index contributed by atoms with van der Waals surface area (Å²) in [7, 11) is 1.76. The molecule has 2 saturated heterocycles. The van der Waals surface area contributed by atoms with Crippen LogP contribution in [0.4, 0.5) is 25.0 Å². The number of likely N-dealkylation sites (N-methyl/N-ethyl adjacent to an activating group) is 1. The molecule has 2 fully saturated rings. The molecule has 3 aliphatic heterocycles. The van der Waals surface area contributed by atoms with Crippen molar-refractivity contribution in [2.24, 2.45) is 0 Å². The first-order valence-corrected chi connectivity index (χ1v) is 12.7. The molecule has 5 rings (SSSR count). The van der Waals surface area contributed by atoms with E-state index in [9.17, 15) is 18.4 Å². The maximum Gasteiger partial charge on any atom is 0.414 e. The lowest BCUT2D eigenvalue weighted by atomic mass is 10.2. The van der Waals surface area contributed by atoms with Crippen LogP contribution in [0.3, 0.4) is 0 Å². The van der Waals surface area contributed by atoms with E-state index in [0.29, 0.717) is 44.1 Å². The number of dihydropyridines is 1. The standard InChI is InChI=1S/C15H19F2N3O4.C7H6O2.C6H9N/c1-18-2-3-19(4-5-23-18)14-12(16)6-10(7-13(14)17)20-8-11(9-21)24-15(20)22;8-5-6-3-1-2-4-7(6)9;1-6-4-2-3-5-7-6/h6-7,11,21H,2-5,8-9H2,1H3;1-5,9H;2-7H,1H3/t11-;;/m1../s1. The van der Waals surface area contributed by atoms with E-state index in [4.69, 9.17) is 19.8 Å². The van der Waals surface area contributed by atoms with E-state index in [0.717, 1.165) is 17.0 Å². The highest BCUT2D eigenvalue weighted by atomic mass is 19.1. The number of aliphatic hydroxyl groups excluding tert-OH is 1. The summed E-state index contributed by atoms with van der Waals surface area (Å²) in [6.45, 7) is 3.44. The first-order valence-electron chi connectivity index (χ1n) is 12.7. The first-order chi connectivity index (χ1) is 19.2. The Hall–Kier alpha value is -4.00. The Morgan fingerprint density at radius 3 is 2.38 bits per heavy atom. The van der Waals surface area contributed by atoms with E-state index in [-0.39, 0.29) is 30.3 Å². The molecule has 3 heterocycles. The average molecular weight is 561 g/mol. The molecule has 2 atom stereocenters. The van der Waals surface area contributed by atoms with Gasteiger partial charge in [0, 0.05) is 44.9 Å². The number of aliphatic hydroxyl groups is 1. The Morgan fingerprint density at radius 1 is 1.12 bits per heavy atom. The maximum absolute atomic E-state index is 14.5. The lowest BCUT2D eigenvalue weighted by Gasteiger charge is -2.24. The molecule has 0 bridgehead atoms. The van der Waals surface area contributed by atoms with Crippen LogP contribution in [0, 0.1) is 11.6 Å². The minimum absolute atomic E-state index is 0.0347. The quantitative estimate of drug-likeness (QED) is 0.485. The number of benzene rings is 2. The van der Waals surface area contributed by atoms with E-state index in [1.54, 1.807) is 35.2 Å². The van der Waals surface area contributed by atoms with Crippen LogP contribution in [0.2, 0.25) is 0 Å². The van der Waals surface area contributed by atoms with Gasteiger partial charge in [0.05, 0.1) is 31.0 Å². The number of hydrogen-bond donors (Lipinski definition) is 3. The number of aldehydes is 1. The van der Waals surface area contributed by atoms with Crippen LogP contribution in [-0.2, 0) is 9.57 Å². The molecule has 40 heavy (non-hydrogen) atoms. The number of amides is 1. The topological polar surface area (TPSA) is 115 Å². The number of rotatable bonds is 4. The number of anilines is 2. The lowest BCUT2D eigenvalue weighted by Crippen LogP contribution is -2.31. The number of hydrogen-bond acceptors (Lipinski definition) is 9. The number of nitrogens with one attached hydrogen (secondary N) is 1. The van der Waals surface area contributed by atoms with Gasteiger partial charge in [-0.25, -0.2) is 13.6 Å². The van der Waals surface area contributed by atoms with Crippen molar-refractivity contribution < 1.29 is 38.2 Å². The SMILES string of the molecule is CC1C=CC=CN1.CN1CCN(c2c(F)cc(N3C[C@H](CO)OC3=O)cc2F)CCO1.O=Cc1ccccc1O. The smallest absolute Gasteiger partial charge is 0.414 e. The number of para-hydroxylation sites is 1. The number of ether oxygens (including phenoxy) is 1. The van der Waals surface area contributed by atoms with Gasteiger partial charge in [-0.3, -0.25) is 14.5 Å². The molecule has 2 aromatic carbocycles. The predicted octanol–water partition coefficient (Wildman–Crippen LogP) is 3.22. The largest absolute Gasteiger partial charge is 0.507 e. The van der Waals surface area contributed by atoms with Gasteiger partial charge in [-0.1, -0.05) is 24.3 Å². The van der Waals surface area contributed by atoms with Crippen LogP contribution in [0.25, 0.3) is 0 Å². The normalized spacial score (nSPS) is 20.4. The number of nitrogens with zero attached hydrogens (tertiary/aromatic N) is 3. The van der Waals surface area contributed by atoms with Gasteiger partial charge in [0.2, 0.25) is 0 Å². The molecule has 0 saturated carbocycles. The highest BCUT2D eigenvalue weighted by Gasteiger charge is 2.33. The van der Waals surface area contributed by atoms with Crippen LogP contribution >= 0.6 is 0 Å². The number of aromatic hydroxyl groups is 1. The molecule has 0 aliphatic carbocycles. The van der Waals surface area contributed by atoms with Crippen molar-refractivity contribution in [3.05, 3.63) is 78.0 Å². The predicted molar refractivity (Wildman–Crippen MR) is 146 cm³/mol. The second-order valence-electron chi connectivity index (χ2n) is 9.10. The maximum atomic E-state index is 14.5. The second-order valence-corrected chi connectivity index (χ2v) is 9.10. The highest BCUT2D eigenvalue weighted by Crippen LogP contribution is 2.31. The molecule has 0 radical (unpaired) electrons. The van der Waals surface area contributed by atoms with Crippen molar-refractivity contribution in [1.29, 1.82) is 0 Å². The Morgan fingerprint density at radius 2 is 1.85 bits per heavy atom. The van der Waals surface area contributed by atoms with E-state index < -0.39 is 23.8 Å². The fourth-order valence-electron chi connectivity index (χ4n) is 3.94. The van der Waals surface area contributed by atoms with E-state index in [2.05, 4.69) is 18.3 Å². The number of hydroxylamine groups is 2. The molecule has 1 amide bonds. The summed E-state index contributed by atoms with van der Waals surface area (Å²) in [5.41, 5.74) is 0.263. The average Bonchev–Trinajstić information content (AvgIpc) is 3.20.